The lowest BCUT2D eigenvalue weighted by Crippen LogP contribution is -2.34. The molecule has 0 aliphatic rings. The molecule has 0 heterocycles. The highest BCUT2D eigenvalue weighted by molar-refractivity contribution is 6.08. The fourth-order valence-corrected chi connectivity index (χ4v) is 3.69. The molecule has 0 saturated heterocycles. The van der Waals surface area contributed by atoms with Crippen molar-refractivity contribution >= 4 is 11.4 Å². The monoisotopic (exact) mass is 568 g/mol. The standard InChI is InChI=1S/C20H33NO2.C15H17F2N/c1-6-7-10-17-11-8-9-12-19(17)23-16-18(22)15-21(5)14-13-20(2,3)4;1-5-7-14(11(2)3)18-13-9-6-8-12(10-13)15(4,16)17/h6-9,11-12,18,22H,10,13-16H2,1-5H3;5-10H,2H2,1,3-4H3/b7-6+;7-5+,18-14?. The zero-order valence-electron chi connectivity index (χ0n) is 26.3. The van der Waals surface area contributed by atoms with Gasteiger partial charge in [0.05, 0.1) is 11.4 Å². The summed E-state index contributed by atoms with van der Waals surface area (Å²) in [5.41, 5.74) is 3.42. The summed E-state index contributed by atoms with van der Waals surface area (Å²) < 4.78 is 32.2. The van der Waals surface area contributed by atoms with Crippen molar-refractivity contribution in [3.63, 3.8) is 0 Å². The van der Waals surface area contributed by atoms with E-state index in [1.54, 1.807) is 18.2 Å². The Morgan fingerprint density at radius 2 is 1.76 bits per heavy atom. The third-order valence-electron chi connectivity index (χ3n) is 6.11. The number of hydrogen-bond acceptors (Lipinski definition) is 4. The van der Waals surface area contributed by atoms with Gasteiger partial charge in [-0.3, -0.25) is 0 Å². The fraction of sp³-hybridized carbons (Fsp3) is 0.457. The van der Waals surface area contributed by atoms with Gasteiger partial charge in [-0.1, -0.05) is 75.9 Å². The number of nitrogens with zero attached hydrogens (tertiary/aromatic N) is 2. The maximum Gasteiger partial charge on any atom is 0.270 e. The summed E-state index contributed by atoms with van der Waals surface area (Å²) >= 11 is 0. The van der Waals surface area contributed by atoms with E-state index in [9.17, 15) is 13.9 Å². The number of rotatable bonds is 13. The summed E-state index contributed by atoms with van der Waals surface area (Å²) in [6.45, 7) is 19.1. The number of hydrogen-bond donors (Lipinski definition) is 1. The first kappa shape index (κ1) is 35.9. The summed E-state index contributed by atoms with van der Waals surface area (Å²) in [5, 5.41) is 10.2. The molecule has 226 valence electrons. The van der Waals surface area contributed by atoms with Crippen LogP contribution in [0.5, 0.6) is 5.75 Å². The van der Waals surface area contributed by atoms with Crippen LogP contribution in [0.25, 0.3) is 0 Å². The van der Waals surface area contributed by atoms with Gasteiger partial charge in [-0.05, 0) is 88.0 Å². The summed E-state index contributed by atoms with van der Waals surface area (Å²) in [5.74, 6) is -1.99. The van der Waals surface area contributed by atoms with Crippen LogP contribution in [-0.2, 0) is 12.3 Å². The minimum absolute atomic E-state index is 0.0368. The molecule has 2 aromatic rings. The molecule has 1 atom stereocenters. The largest absolute Gasteiger partial charge is 0.491 e. The molecule has 0 aromatic heterocycles. The van der Waals surface area contributed by atoms with Gasteiger partial charge in [0.1, 0.15) is 18.5 Å². The second-order valence-electron chi connectivity index (χ2n) is 11.6. The van der Waals surface area contributed by atoms with Crippen molar-refractivity contribution in [1.82, 2.24) is 4.90 Å². The Hall–Kier alpha value is -3.09. The van der Waals surface area contributed by atoms with Gasteiger partial charge in [-0.2, -0.15) is 0 Å². The summed E-state index contributed by atoms with van der Waals surface area (Å²) in [7, 11) is 2.05. The fourth-order valence-electron chi connectivity index (χ4n) is 3.69. The number of likely N-dealkylation sites (N-methyl/N-ethyl adjacent to an activating group) is 1. The van der Waals surface area contributed by atoms with E-state index in [0.717, 1.165) is 43.2 Å². The lowest BCUT2D eigenvalue weighted by molar-refractivity contribution is 0.0175. The molecule has 1 N–H and O–H groups in total. The molecule has 0 fully saturated rings. The third-order valence-corrected chi connectivity index (χ3v) is 6.11. The average molecular weight is 569 g/mol. The molecule has 0 spiro atoms. The van der Waals surface area contributed by atoms with E-state index >= 15 is 0 Å². The van der Waals surface area contributed by atoms with Gasteiger partial charge in [-0.15, -0.1) is 0 Å². The lowest BCUT2D eigenvalue weighted by Gasteiger charge is -2.25. The zero-order valence-corrected chi connectivity index (χ0v) is 26.3. The quantitative estimate of drug-likeness (QED) is 0.194. The number of benzene rings is 2. The number of aliphatic hydroxyl groups is 1. The highest BCUT2D eigenvalue weighted by Gasteiger charge is 2.24. The molecular weight excluding hydrogens is 518 g/mol. The van der Waals surface area contributed by atoms with Gasteiger partial charge >= 0.3 is 0 Å². The van der Waals surface area contributed by atoms with E-state index in [1.165, 1.54) is 12.1 Å². The predicted molar refractivity (Wildman–Crippen MR) is 171 cm³/mol. The van der Waals surface area contributed by atoms with Crippen molar-refractivity contribution < 1.29 is 18.6 Å². The molecule has 41 heavy (non-hydrogen) atoms. The van der Waals surface area contributed by atoms with Crippen LogP contribution in [0.2, 0.25) is 0 Å². The number of alkyl halides is 2. The number of aliphatic imine (C=N–C) groups is 1. The molecule has 2 aromatic carbocycles. The number of allylic oxidation sites excluding steroid dienone is 5. The van der Waals surface area contributed by atoms with Gasteiger partial charge in [0.15, 0.2) is 0 Å². The van der Waals surface area contributed by atoms with Crippen molar-refractivity contribution in [3.05, 3.63) is 96.1 Å². The van der Waals surface area contributed by atoms with E-state index in [2.05, 4.69) is 56.4 Å². The Bertz CT molecular complexity index is 1160. The van der Waals surface area contributed by atoms with Crippen molar-refractivity contribution in [2.45, 2.75) is 73.3 Å². The van der Waals surface area contributed by atoms with E-state index in [1.807, 2.05) is 51.1 Å². The first-order chi connectivity index (χ1) is 19.2. The van der Waals surface area contributed by atoms with Gasteiger partial charge < -0.3 is 14.7 Å². The van der Waals surface area contributed by atoms with Crippen molar-refractivity contribution in [2.24, 2.45) is 10.4 Å². The van der Waals surface area contributed by atoms with Crippen molar-refractivity contribution in [3.8, 4) is 5.75 Å². The van der Waals surface area contributed by atoms with Crippen LogP contribution in [0.1, 0.15) is 66.0 Å². The summed E-state index contributed by atoms with van der Waals surface area (Å²) in [6.07, 6.45) is 9.28. The molecule has 0 bridgehead atoms. The van der Waals surface area contributed by atoms with Crippen LogP contribution in [0.3, 0.4) is 0 Å². The SMILES string of the molecule is C/C=C/Cc1ccccc1OCC(O)CN(C)CCC(C)(C)C.C=C(C)C(/C=C/C)=Nc1cccc(C(C)(F)F)c1. The van der Waals surface area contributed by atoms with Crippen LogP contribution in [0, 0.1) is 5.41 Å². The van der Waals surface area contributed by atoms with E-state index in [4.69, 9.17) is 4.74 Å². The Morgan fingerprint density at radius 3 is 2.34 bits per heavy atom. The highest BCUT2D eigenvalue weighted by Crippen LogP contribution is 2.29. The van der Waals surface area contributed by atoms with Gasteiger partial charge in [0.25, 0.3) is 5.92 Å². The smallest absolute Gasteiger partial charge is 0.270 e. The van der Waals surface area contributed by atoms with Gasteiger partial charge in [-0.25, -0.2) is 13.8 Å². The minimum Gasteiger partial charge on any atom is -0.491 e. The second-order valence-corrected chi connectivity index (χ2v) is 11.6. The van der Waals surface area contributed by atoms with Crippen LogP contribution in [-0.4, -0.2) is 48.6 Å². The molecule has 0 radical (unpaired) electrons. The van der Waals surface area contributed by atoms with Crippen LogP contribution < -0.4 is 4.74 Å². The number of aliphatic hydroxyl groups excluding tert-OH is 1. The normalized spacial score (nSPS) is 13.4. The number of ether oxygens (including phenoxy) is 1. The maximum absolute atomic E-state index is 13.2. The topological polar surface area (TPSA) is 45.1 Å². The number of para-hydroxylation sites is 1. The summed E-state index contributed by atoms with van der Waals surface area (Å²) in [6, 6.07) is 14.1. The molecule has 4 nitrogen and oxygen atoms in total. The molecular formula is C35H50F2N2O2. The van der Waals surface area contributed by atoms with E-state index in [0.29, 0.717) is 30.0 Å². The van der Waals surface area contributed by atoms with Crippen molar-refractivity contribution in [2.75, 3.05) is 26.7 Å². The Morgan fingerprint density at radius 1 is 1.07 bits per heavy atom. The highest BCUT2D eigenvalue weighted by atomic mass is 19.3. The van der Waals surface area contributed by atoms with Crippen LogP contribution in [0.4, 0.5) is 14.5 Å². The zero-order chi connectivity index (χ0) is 31.1. The molecule has 1 unspecified atom stereocenters. The average Bonchev–Trinajstić information content (AvgIpc) is 2.89. The second kappa shape index (κ2) is 17.7. The van der Waals surface area contributed by atoms with Gasteiger partial charge in [0.2, 0.25) is 0 Å². The lowest BCUT2D eigenvalue weighted by atomic mass is 9.92. The van der Waals surface area contributed by atoms with Gasteiger partial charge in [0, 0.05) is 19.0 Å². The maximum atomic E-state index is 13.2. The van der Waals surface area contributed by atoms with E-state index in [-0.39, 0.29) is 5.56 Å². The molecule has 0 aliphatic heterocycles. The first-order valence-corrected chi connectivity index (χ1v) is 14.2. The van der Waals surface area contributed by atoms with Crippen LogP contribution in [0.15, 0.2) is 90.0 Å². The molecule has 0 saturated carbocycles. The Balaban J connectivity index is 0.000000422. The Kier molecular flexibility index (Phi) is 15.5. The summed E-state index contributed by atoms with van der Waals surface area (Å²) in [4.78, 5) is 6.49. The number of halogens is 2. The molecule has 0 amide bonds. The Labute approximate surface area is 247 Å². The third kappa shape index (κ3) is 15.5. The molecule has 2 rings (SSSR count). The first-order valence-electron chi connectivity index (χ1n) is 14.2. The molecule has 0 aliphatic carbocycles. The van der Waals surface area contributed by atoms with Crippen molar-refractivity contribution in [1.29, 1.82) is 0 Å². The minimum atomic E-state index is -2.85. The molecule has 6 heteroatoms. The van der Waals surface area contributed by atoms with Crippen LogP contribution >= 0.6 is 0 Å². The predicted octanol–water partition coefficient (Wildman–Crippen LogP) is 8.94. The van der Waals surface area contributed by atoms with E-state index < -0.39 is 12.0 Å².